The van der Waals surface area contributed by atoms with Gasteiger partial charge in [0.15, 0.2) is 0 Å². The average molecular weight is 261 g/mol. The Morgan fingerprint density at radius 3 is 2.74 bits per heavy atom. The van der Waals surface area contributed by atoms with E-state index in [1.54, 1.807) is 0 Å². The van der Waals surface area contributed by atoms with Crippen molar-refractivity contribution in [3.63, 3.8) is 0 Å². The largest absolute Gasteiger partial charge is 0.459 e. The summed E-state index contributed by atoms with van der Waals surface area (Å²) in [5.74, 6) is 0.612. The van der Waals surface area contributed by atoms with Crippen LogP contribution < -0.4 is 5.32 Å². The van der Waals surface area contributed by atoms with Gasteiger partial charge in [-0.1, -0.05) is 18.2 Å². The number of hydrogen-bond donors (Lipinski definition) is 1. The van der Waals surface area contributed by atoms with Gasteiger partial charge in [0.05, 0.1) is 12.1 Å². The van der Waals surface area contributed by atoms with Crippen LogP contribution in [-0.4, -0.2) is 18.6 Å². The maximum atomic E-state index is 11.7. The second-order valence-corrected chi connectivity index (χ2v) is 4.84. The lowest BCUT2D eigenvalue weighted by Gasteiger charge is -2.12. The highest BCUT2D eigenvalue weighted by Crippen LogP contribution is 2.23. The monoisotopic (exact) mass is 261 g/mol. The number of rotatable bonds is 5. The van der Waals surface area contributed by atoms with Crippen molar-refractivity contribution in [1.29, 1.82) is 0 Å². The van der Waals surface area contributed by atoms with Gasteiger partial charge in [0, 0.05) is 5.39 Å². The van der Waals surface area contributed by atoms with E-state index in [1.807, 2.05) is 51.1 Å². The normalized spacial score (nSPS) is 12.8. The number of hydrogen-bond acceptors (Lipinski definition) is 3. The van der Waals surface area contributed by atoms with Crippen LogP contribution in [0, 0.1) is 0 Å². The van der Waals surface area contributed by atoms with Crippen molar-refractivity contribution in [3.8, 4) is 0 Å². The molecule has 0 saturated carbocycles. The first-order chi connectivity index (χ1) is 9.06. The molecule has 2 aromatic rings. The maximum Gasteiger partial charge on any atom is 0.246 e. The molecule has 1 unspecified atom stereocenters. The minimum atomic E-state index is -0.171. The summed E-state index contributed by atoms with van der Waals surface area (Å²) in [5, 5.41) is 3.89. The van der Waals surface area contributed by atoms with E-state index >= 15 is 0 Å². The van der Waals surface area contributed by atoms with Gasteiger partial charge in [-0.3, -0.25) is 4.79 Å². The van der Waals surface area contributed by atoms with Crippen LogP contribution in [0.1, 0.15) is 32.6 Å². The van der Waals surface area contributed by atoms with Crippen LogP contribution >= 0.6 is 0 Å². The number of para-hydroxylation sites is 1. The Kier molecular flexibility index (Phi) is 4.22. The standard InChI is InChI=1S/C15H19NO3/c1-10(2)18-9-15(17)16-11(3)14-8-12-6-4-5-7-13(12)19-14/h4-8,10-11H,9H2,1-3H3,(H,16,17). The van der Waals surface area contributed by atoms with Crippen LogP contribution in [0.5, 0.6) is 0 Å². The van der Waals surface area contributed by atoms with Crippen LogP contribution in [0.25, 0.3) is 11.0 Å². The number of amides is 1. The molecule has 0 spiro atoms. The third kappa shape index (κ3) is 3.58. The first-order valence-electron chi connectivity index (χ1n) is 6.45. The molecule has 0 aliphatic rings. The van der Waals surface area contributed by atoms with Crippen LogP contribution in [0.2, 0.25) is 0 Å². The van der Waals surface area contributed by atoms with Crippen molar-refractivity contribution in [2.75, 3.05) is 6.61 Å². The minimum absolute atomic E-state index is 0.0484. The van der Waals surface area contributed by atoms with E-state index < -0.39 is 0 Å². The van der Waals surface area contributed by atoms with E-state index in [9.17, 15) is 4.79 Å². The highest BCUT2D eigenvalue weighted by atomic mass is 16.5. The lowest BCUT2D eigenvalue weighted by molar-refractivity contribution is -0.127. The van der Waals surface area contributed by atoms with E-state index in [1.165, 1.54) is 0 Å². The number of carbonyl (C=O) groups is 1. The number of fused-ring (bicyclic) bond motifs is 1. The van der Waals surface area contributed by atoms with Gasteiger partial charge in [-0.05, 0) is 32.9 Å². The molecular formula is C15H19NO3. The van der Waals surface area contributed by atoms with E-state index in [2.05, 4.69) is 5.32 Å². The number of nitrogens with one attached hydrogen (secondary N) is 1. The fourth-order valence-corrected chi connectivity index (χ4v) is 1.81. The van der Waals surface area contributed by atoms with E-state index in [4.69, 9.17) is 9.15 Å². The Hall–Kier alpha value is -1.81. The van der Waals surface area contributed by atoms with Gasteiger partial charge in [0.25, 0.3) is 0 Å². The molecule has 0 bridgehead atoms. The first kappa shape index (κ1) is 13.6. The topological polar surface area (TPSA) is 51.5 Å². The smallest absolute Gasteiger partial charge is 0.246 e. The summed E-state index contributed by atoms with van der Waals surface area (Å²) in [5.41, 5.74) is 0.831. The highest BCUT2D eigenvalue weighted by molar-refractivity contribution is 5.79. The molecule has 1 heterocycles. The van der Waals surface area contributed by atoms with E-state index in [-0.39, 0.29) is 24.7 Å². The Balaban J connectivity index is 1.99. The van der Waals surface area contributed by atoms with Gasteiger partial charge in [-0.2, -0.15) is 0 Å². The Labute approximate surface area is 112 Å². The average Bonchev–Trinajstić information content (AvgIpc) is 2.80. The maximum absolute atomic E-state index is 11.7. The molecule has 0 radical (unpaired) electrons. The van der Waals surface area contributed by atoms with Gasteiger partial charge in [-0.15, -0.1) is 0 Å². The van der Waals surface area contributed by atoms with Gasteiger partial charge >= 0.3 is 0 Å². The Bertz CT molecular complexity index is 526. The van der Waals surface area contributed by atoms with Gasteiger partial charge < -0.3 is 14.5 Å². The quantitative estimate of drug-likeness (QED) is 0.900. The minimum Gasteiger partial charge on any atom is -0.459 e. The van der Waals surface area contributed by atoms with Crippen LogP contribution in [0.15, 0.2) is 34.7 Å². The molecule has 0 aliphatic carbocycles. The van der Waals surface area contributed by atoms with Crippen molar-refractivity contribution >= 4 is 16.9 Å². The van der Waals surface area contributed by atoms with E-state index in [0.717, 1.165) is 16.7 Å². The molecule has 1 atom stereocenters. The molecule has 2 rings (SSSR count). The molecule has 0 fully saturated rings. The molecule has 0 saturated heterocycles. The Morgan fingerprint density at radius 1 is 1.32 bits per heavy atom. The van der Waals surface area contributed by atoms with Gasteiger partial charge in [-0.25, -0.2) is 0 Å². The number of ether oxygens (including phenoxy) is 1. The second-order valence-electron chi connectivity index (χ2n) is 4.84. The summed E-state index contributed by atoms with van der Waals surface area (Å²) in [6, 6.07) is 9.56. The lowest BCUT2D eigenvalue weighted by Crippen LogP contribution is -2.30. The fourth-order valence-electron chi connectivity index (χ4n) is 1.81. The van der Waals surface area contributed by atoms with Crippen molar-refractivity contribution in [2.24, 2.45) is 0 Å². The molecule has 19 heavy (non-hydrogen) atoms. The summed E-state index contributed by atoms with van der Waals surface area (Å²) >= 11 is 0. The molecule has 4 heteroatoms. The van der Waals surface area contributed by atoms with Crippen molar-refractivity contribution < 1.29 is 13.9 Å². The van der Waals surface area contributed by atoms with Crippen LogP contribution in [-0.2, 0) is 9.53 Å². The van der Waals surface area contributed by atoms with Crippen molar-refractivity contribution in [2.45, 2.75) is 32.9 Å². The van der Waals surface area contributed by atoms with Crippen molar-refractivity contribution in [1.82, 2.24) is 5.32 Å². The molecule has 1 amide bonds. The van der Waals surface area contributed by atoms with Crippen molar-refractivity contribution in [3.05, 3.63) is 36.1 Å². The SMILES string of the molecule is CC(C)OCC(=O)NC(C)c1cc2ccccc2o1. The molecule has 0 aliphatic heterocycles. The first-order valence-corrected chi connectivity index (χ1v) is 6.45. The zero-order chi connectivity index (χ0) is 13.8. The predicted molar refractivity (Wildman–Crippen MR) is 73.9 cm³/mol. The summed E-state index contributed by atoms with van der Waals surface area (Å²) in [4.78, 5) is 11.7. The molecule has 1 aromatic heterocycles. The fraction of sp³-hybridized carbons (Fsp3) is 0.400. The zero-order valence-electron chi connectivity index (χ0n) is 11.5. The Morgan fingerprint density at radius 2 is 2.05 bits per heavy atom. The highest BCUT2D eigenvalue weighted by Gasteiger charge is 2.14. The third-order valence-corrected chi connectivity index (χ3v) is 2.80. The summed E-state index contributed by atoms with van der Waals surface area (Å²) < 4.78 is 11.0. The van der Waals surface area contributed by atoms with Crippen LogP contribution in [0.4, 0.5) is 0 Å². The molecular weight excluding hydrogens is 242 g/mol. The zero-order valence-corrected chi connectivity index (χ0v) is 11.5. The van der Waals surface area contributed by atoms with Crippen LogP contribution in [0.3, 0.4) is 0 Å². The summed E-state index contributed by atoms with van der Waals surface area (Å²) in [6.07, 6.45) is 0.0484. The summed E-state index contributed by atoms with van der Waals surface area (Å²) in [6.45, 7) is 5.76. The summed E-state index contributed by atoms with van der Waals surface area (Å²) in [7, 11) is 0. The number of carbonyl (C=O) groups excluding carboxylic acids is 1. The number of benzene rings is 1. The molecule has 4 nitrogen and oxygen atoms in total. The van der Waals surface area contributed by atoms with Gasteiger partial charge in [0.2, 0.25) is 5.91 Å². The predicted octanol–water partition coefficient (Wildman–Crippen LogP) is 3.04. The van der Waals surface area contributed by atoms with E-state index in [0.29, 0.717) is 0 Å². The molecule has 1 N–H and O–H groups in total. The number of furan rings is 1. The molecule has 1 aromatic carbocycles. The third-order valence-electron chi connectivity index (χ3n) is 2.80. The lowest BCUT2D eigenvalue weighted by atomic mass is 10.2. The second kappa shape index (κ2) is 5.89. The van der Waals surface area contributed by atoms with Gasteiger partial charge in [0.1, 0.15) is 18.0 Å². The molecule has 102 valence electrons.